The van der Waals surface area contributed by atoms with Gasteiger partial charge in [-0.15, -0.1) is 0 Å². The van der Waals surface area contributed by atoms with Gasteiger partial charge >= 0.3 is 6.03 Å². The Hall–Kier alpha value is -1.11. The van der Waals surface area contributed by atoms with E-state index in [9.17, 15) is 4.79 Å². The van der Waals surface area contributed by atoms with E-state index in [1.807, 2.05) is 25.1 Å². The highest BCUT2D eigenvalue weighted by molar-refractivity contribution is 9.10. The lowest BCUT2D eigenvalue weighted by molar-refractivity contribution is 0.142. The molecule has 0 unspecified atom stereocenters. The first-order valence-corrected chi connectivity index (χ1v) is 6.79. The van der Waals surface area contributed by atoms with Gasteiger partial charge in [-0.05, 0) is 30.7 Å². The van der Waals surface area contributed by atoms with Crippen LogP contribution < -0.4 is 5.32 Å². The Balaban J connectivity index is 2.66. The van der Waals surface area contributed by atoms with Gasteiger partial charge in [0, 0.05) is 30.4 Å². The van der Waals surface area contributed by atoms with E-state index >= 15 is 0 Å². The molecule has 2 N–H and O–H groups in total. The lowest BCUT2D eigenvalue weighted by Gasteiger charge is -2.22. The number of anilines is 1. The zero-order valence-corrected chi connectivity index (χ0v) is 12.7. The molecule has 0 aliphatic heterocycles. The van der Waals surface area contributed by atoms with Crippen molar-refractivity contribution < 1.29 is 14.6 Å². The van der Waals surface area contributed by atoms with Crippen molar-refractivity contribution in [3.63, 3.8) is 0 Å². The number of aliphatic hydroxyl groups excluding tert-OH is 1. The first-order valence-electron chi connectivity index (χ1n) is 6.00. The van der Waals surface area contributed by atoms with Crippen LogP contribution in [-0.4, -0.2) is 49.5 Å². The van der Waals surface area contributed by atoms with Gasteiger partial charge < -0.3 is 20.1 Å². The number of aliphatic hydroxyl groups is 1. The average Bonchev–Trinajstić information content (AvgIpc) is 2.38. The zero-order chi connectivity index (χ0) is 14.3. The van der Waals surface area contributed by atoms with E-state index in [4.69, 9.17) is 9.84 Å². The highest BCUT2D eigenvalue weighted by Gasteiger charge is 2.12. The fourth-order valence-corrected chi connectivity index (χ4v) is 1.81. The summed E-state index contributed by atoms with van der Waals surface area (Å²) in [4.78, 5) is 13.6. The Kier molecular flexibility index (Phi) is 6.83. The number of benzene rings is 1. The van der Waals surface area contributed by atoms with E-state index in [1.165, 1.54) is 4.90 Å². The molecule has 0 radical (unpaired) electrons. The smallest absolute Gasteiger partial charge is 0.321 e. The van der Waals surface area contributed by atoms with E-state index in [0.29, 0.717) is 13.2 Å². The summed E-state index contributed by atoms with van der Waals surface area (Å²) >= 11 is 3.41. The highest BCUT2D eigenvalue weighted by atomic mass is 79.9. The average molecular weight is 331 g/mol. The molecule has 0 saturated carbocycles. The second-order valence-electron chi connectivity index (χ2n) is 4.10. The SMILES string of the molecule is COCCN(CCO)C(=O)Nc1ccc(Br)c(C)c1. The maximum atomic E-state index is 12.0. The summed E-state index contributed by atoms with van der Waals surface area (Å²) in [7, 11) is 1.58. The van der Waals surface area contributed by atoms with Gasteiger partial charge in [-0.3, -0.25) is 0 Å². The lowest BCUT2D eigenvalue weighted by Crippen LogP contribution is -2.39. The van der Waals surface area contributed by atoms with Gasteiger partial charge in [-0.25, -0.2) is 4.79 Å². The Morgan fingerprint density at radius 3 is 2.79 bits per heavy atom. The van der Waals surface area contributed by atoms with Gasteiger partial charge in [0.15, 0.2) is 0 Å². The van der Waals surface area contributed by atoms with Crippen LogP contribution >= 0.6 is 15.9 Å². The molecule has 0 saturated heterocycles. The van der Waals surface area contributed by atoms with Crippen molar-refractivity contribution in [1.29, 1.82) is 0 Å². The fraction of sp³-hybridized carbons (Fsp3) is 0.462. The quantitative estimate of drug-likeness (QED) is 0.840. The Bertz CT molecular complexity index is 426. The first-order chi connectivity index (χ1) is 9.08. The number of urea groups is 1. The molecule has 5 nitrogen and oxygen atoms in total. The van der Waals surface area contributed by atoms with Crippen molar-refractivity contribution in [2.45, 2.75) is 6.92 Å². The highest BCUT2D eigenvalue weighted by Crippen LogP contribution is 2.20. The van der Waals surface area contributed by atoms with Crippen LogP contribution in [0.5, 0.6) is 0 Å². The van der Waals surface area contributed by atoms with Crippen LogP contribution in [0.15, 0.2) is 22.7 Å². The zero-order valence-electron chi connectivity index (χ0n) is 11.1. The van der Waals surface area contributed by atoms with Crippen molar-refractivity contribution in [3.05, 3.63) is 28.2 Å². The Labute approximate surface area is 121 Å². The van der Waals surface area contributed by atoms with Crippen molar-refractivity contribution in [3.8, 4) is 0 Å². The molecule has 0 bridgehead atoms. The van der Waals surface area contributed by atoms with Crippen molar-refractivity contribution >= 4 is 27.6 Å². The molecule has 6 heteroatoms. The number of nitrogens with zero attached hydrogens (tertiary/aromatic N) is 1. The summed E-state index contributed by atoms with van der Waals surface area (Å²) in [6.07, 6.45) is 0. The summed E-state index contributed by atoms with van der Waals surface area (Å²) in [6, 6.07) is 5.35. The summed E-state index contributed by atoms with van der Waals surface area (Å²) in [6.45, 7) is 3.04. The van der Waals surface area contributed by atoms with E-state index in [-0.39, 0.29) is 19.2 Å². The standard InChI is InChI=1S/C13H19BrN2O3/c1-10-9-11(3-4-12(10)14)15-13(18)16(5-7-17)6-8-19-2/h3-4,9,17H,5-8H2,1-2H3,(H,15,18). The predicted octanol–water partition coefficient (Wildman–Crippen LogP) is 2.23. The van der Waals surface area contributed by atoms with Crippen LogP contribution in [0.4, 0.5) is 10.5 Å². The minimum absolute atomic E-state index is 0.0729. The summed E-state index contributed by atoms with van der Waals surface area (Å²) in [5.74, 6) is 0. The van der Waals surface area contributed by atoms with Crippen LogP contribution in [0.25, 0.3) is 0 Å². The van der Waals surface area contributed by atoms with Crippen LogP contribution in [-0.2, 0) is 4.74 Å². The molecule has 2 amide bonds. The summed E-state index contributed by atoms with van der Waals surface area (Å²) in [5.41, 5.74) is 1.77. The van der Waals surface area contributed by atoms with Crippen molar-refractivity contribution in [1.82, 2.24) is 4.90 Å². The largest absolute Gasteiger partial charge is 0.395 e. The number of rotatable bonds is 6. The summed E-state index contributed by atoms with van der Waals surface area (Å²) in [5, 5.41) is 11.8. The number of ether oxygens (including phenoxy) is 1. The molecular formula is C13H19BrN2O3. The van der Waals surface area contributed by atoms with Crippen LogP contribution in [0, 0.1) is 6.92 Å². The van der Waals surface area contributed by atoms with Gasteiger partial charge in [-0.2, -0.15) is 0 Å². The van der Waals surface area contributed by atoms with Crippen LogP contribution in [0.3, 0.4) is 0 Å². The number of hydrogen-bond donors (Lipinski definition) is 2. The molecule has 0 aliphatic rings. The molecule has 0 heterocycles. The monoisotopic (exact) mass is 330 g/mol. The summed E-state index contributed by atoms with van der Waals surface area (Å²) < 4.78 is 5.94. The van der Waals surface area contributed by atoms with Crippen LogP contribution in [0.2, 0.25) is 0 Å². The molecule has 19 heavy (non-hydrogen) atoms. The Morgan fingerprint density at radius 1 is 1.47 bits per heavy atom. The maximum absolute atomic E-state index is 12.0. The van der Waals surface area contributed by atoms with Crippen molar-refractivity contribution in [2.24, 2.45) is 0 Å². The van der Waals surface area contributed by atoms with Gasteiger partial charge in [0.2, 0.25) is 0 Å². The number of nitrogens with one attached hydrogen (secondary N) is 1. The normalized spacial score (nSPS) is 10.3. The second kappa shape index (κ2) is 8.14. The van der Waals surface area contributed by atoms with Gasteiger partial charge in [-0.1, -0.05) is 15.9 Å². The number of hydrogen-bond acceptors (Lipinski definition) is 3. The third-order valence-electron chi connectivity index (χ3n) is 2.63. The van der Waals surface area contributed by atoms with Gasteiger partial charge in [0.05, 0.1) is 13.2 Å². The maximum Gasteiger partial charge on any atom is 0.321 e. The number of carbonyl (C=O) groups excluding carboxylic acids is 1. The van der Waals surface area contributed by atoms with Crippen molar-refractivity contribution in [2.75, 3.05) is 38.7 Å². The molecule has 1 aromatic carbocycles. The van der Waals surface area contributed by atoms with E-state index < -0.39 is 0 Å². The molecule has 1 rings (SSSR count). The topological polar surface area (TPSA) is 61.8 Å². The lowest BCUT2D eigenvalue weighted by atomic mass is 10.2. The van der Waals surface area contributed by atoms with Gasteiger partial charge in [0.25, 0.3) is 0 Å². The number of amides is 2. The third kappa shape index (κ3) is 5.18. The minimum Gasteiger partial charge on any atom is -0.395 e. The minimum atomic E-state index is -0.243. The third-order valence-corrected chi connectivity index (χ3v) is 3.52. The molecule has 0 fully saturated rings. The first kappa shape index (κ1) is 15.9. The number of halogens is 1. The molecule has 0 spiro atoms. The molecular weight excluding hydrogens is 312 g/mol. The predicted molar refractivity (Wildman–Crippen MR) is 78.4 cm³/mol. The number of carbonyl (C=O) groups is 1. The molecule has 0 aromatic heterocycles. The molecule has 0 aliphatic carbocycles. The van der Waals surface area contributed by atoms with E-state index in [2.05, 4.69) is 21.2 Å². The number of methoxy groups -OCH3 is 1. The molecule has 0 atom stereocenters. The van der Waals surface area contributed by atoms with Crippen LogP contribution in [0.1, 0.15) is 5.56 Å². The van der Waals surface area contributed by atoms with E-state index in [1.54, 1.807) is 7.11 Å². The second-order valence-corrected chi connectivity index (χ2v) is 4.95. The van der Waals surface area contributed by atoms with E-state index in [0.717, 1.165) is 15.7 Å². The Morgan fingerprint density at radius 2 is 2.21 bits per heavy atom. The molecule has 106 valence electrons. The molecule has 1 aromatic rings. The van der Waals surface area contributed by atoms with Gasteiger partial charge in [0.1, 0.15) is 0 Å². The number of aryl methyl sites for hydroxylation is 1. The fourth-order valence-electron chi connectivity index (χ4n) is 1.56.